The fourth-order valence-corrected chi connectivity index (χ4v) is 6.01. The van der Waals surface area contributed by atoms with Crippen molar-refractivity contribution in [3.8, 4) is 11.5 Å². The van der Waals surface area contributed by atoms with Gasteiger partial charge in [0, 0.05) is 6.42 Å². The number of carbonyl (C=O) groups is 9. The molecule has 17 N–H and O–H groups in total. The summed E-state index contributed by atoms with van der Waals surface area (Å²) >= 11 is 0. The van der Waals surface area contributed by atoms with Gasteiger partial charge in [0.2, 0.25) is 47.3 Å². The topological polar surface area (TPSA) is 411 Å². The van der Waals surface area contributed by atoms with Crippen molar-refractivity contribution >= 4 is 53.2 Å². The van der Waals surface area contributed by atoms with E-state index in [4.69, 9.17) is 11.5 Å². The van der Waals surface area contributed by atoms with Gasteiger partial charge in [-0.15, -0.1) is 0 Å². The molecule has 0 aromatic heterocycles. The number of hydrogen-bond donors (Lipinski definition) is 15. The number of carboxylic acid groups (broad SMARTS) is 1. The highest BCUT2D eigenvalue weighted by atomic mass is 16.4. The summed E-state index contributed by atoms with van der Waals surface area (Å²) in [7, 11) is 0. The number of aliphatic carboxylic acids is 1. The molecule has 2 aromatic rings. The first-order valence-corrected chi connectivity index (χ1v) is 20.3. The van der Waals surface area contributed by atoms with Crippen molar-refractivity contribution in [3.05, 3.63) is 59.7 Å². The van der Waals surface area contributed by atoms with Crippen molar-refractivity contribution in [3.63, 3.8) is 0 Å². The maximum atomic E-state index is 13.7. The third kappa shape index (κ3) is 18.8. The zero-order valence-corrected chi connectivity index (χ0v) is 36.1. The molecule has 0 fully saturated rings. The fourth-order valence-electron chi connectivity index (χ4n) is 6.01. The second-order valence-electron chi connectivity index (χ2n) is 15.6. The predicted molar refractivity (Wildman–Crippen MR) is 228 cm³/mol. The number of primary amides is 1. The summed E-state index contributed by atoms with van der Waals surface area (Å²) in [5.41, 5.74) is 12.3. The second kappa shape index (κ2) is 26.0. The molecule has 0 spiro atoms. The van der Waals surface area contributed by atoms with Gasteiger partial charge in [0.05, 0.1) is 37.8 Å². The Morgan fingerprint density at radius 1 is 0.569 bits per heavy atom. The maximum Gasteiger partial charge on any atom is 0.328 e. The van der Waals surface area contributed by atoms with Crippen LogP contribution in [0.1, 0.15) is 51.7 Å². The van der Waals surface area contributed by atoms with Crippen molar-refractivity contribution < 1.29 is 73.8 Å². The summed E-state index contributed by atoms with van der Waals surface area (Å²) in [4.78, 5) is 116. The highest BCUT2D eigenvalue weighted by molar-refractivity contribution is 5.98. The van der Waals surface area contributed by atoms with E-state index >= 15 is 0 Å². The van der Waals surface area contributed by atoms with Gasteiger partial charge < -0.3 is 79.3 Å². The maximum absolute atomic E-state index is 13.7. The van der Waals surface area contributed by atoms with E-state index in [-0.39, 0.29) is 36.7 Å². The Morgan fingerprint density at radius 2 is 1.02 bits per heavy atom. The van der Waals surface area contributed by atoms with E-state index in [0.29, 0.717) is 11.1 Å². The minimum absolute atomic E-state index is 0.00153. The van der Waals surface area contributed by atoms with Crippen molar-refractivity contribution in [2.45, 2.75) is 108 Å². The van der Waals surface area contributed by atoms with Gasteiger partial charge >= 0.3 is 5.97 Å². The molecule has 0 aliphatic rings. The molecule has 0 heterocycles. The number of amides is 8. The summed E-state index contributed by atoms with van der Waals surface area (Å²) in [5, 5.41) is 74.6. The molecule has 358 valence electrons. The van der Waals surface area contributed by atoms with Gasteiger partial charge in [-0.05, 0) is 68.0 Å². The van der Waals surface area contributed by atoms with E-state index in [1.54, 1.807) is 13.8 Å². The van der Waals surface area contributed by atoms with Gasteiger partial charge in [-0.25, -0.2) is 4.79 Å². The molecule has 0 saturated carbocycles. The highest BCUT2D eigenvalue weighted by Crippen LogP contribution is 2.14. The van der Waals surface area contributed by atoms with Crippen molar-refractivity contribution in [2.75, 3.05) is 13.2 Å². The van der Waals surface area contributed by atoms with Crippen LogP contribution in [0, 0.1) is 5.92 Å². The normalized spacial score (nSPS) is 15.2. The van der Waals surface area contributed by atoms with Gasteiger partial charge in [-0.3, -0.25) is 38.4 Å². The van der Waals surface area contributed by atoms with Crippen LogP contribution in [-0.4, -0.2) is 152 Å². The Kier molecular flexibility index (Phi) is 21.7. The van der Waals surface area contributed by atoms with Gasteiger partial charge in [-0.2, -0.15) is 0 Å². The zero-order chi connectivity index (χ0) is 49.1. The van der Waals surface area contributed by atoms with Gasteiger partial charge in [0.1, 0.15) is 41.7 Å². The fraction of sp³-hybridized carbons (Fsp3) is 0.488. The summed E-state index contributed by atoms with van der Waals surface area (Å²) < 4.78 is 0. The monoisotopic (exact) mass is 917 g/mol. The number of aliphatic hydroxyl groups is 3. The number of hydrogen-bond acceptors (Lipinski definition) is 15. The average Bonchev–Trinajstić information content (AvgIpc) is 3.22. The van der Waals surface area contributed by atoms with Crippen LogP contribution < -0.4 is 48.7 Å². The molecule has 0 aliphatic carbocycles. The number of benzene rings is 2. The molecule has 0 unspecified atom stereocenters. The third-order valence-corrected chi connectivity index (χ3v) is 9.48. The first kappa shape index (κ1) is 54.2. The number of carbonyl (C=O) groups excluding carboxylic acids is 8. The molecule has 0 saturated heterocycles. The zero-order valence-electron chi connectivity index (χ0n) is 36.1. The SMILES string of the molecule is CC(C)C[C@H](NC(=O)[C@H](CO)NC(=O)CNC(=O)[C@@H](NC(=O)[C@@H](N)Cc1ccc(O)cc1)[C@@H](C)O)C(=O)N[C@@H](CC(N)=O)C(=O)N[C@@H](Cc1ccc(O)cc1)C(=O)N[C@H](C(=O)O)[C@@H](C)O. The van der Waals surface area contributed by atoms with Gasteiger partial charge in [-0.1, -0.05) is 38.1 Å². The van der Waals surface area contributed by atoms with Crippen LogP contribution in [-0.2, 0) is 56.0 Å². The van der Waals surface area contributed by atoms with Gasteiger partial charge in [0.25, 0.3) is 0 Å². The lowest BCUT2D eigenvalue weighted by molar-refractivity contribution is -0.145. The molecule has 0 bridgehead atoms. The van der Waals surface area contributed by atoms with Crippen LogP contribution in [0.2, 0.25) is 0 Å². The van der Waals surface area contributed by atoms with E-state index in [1.165, 1.54) is 55.5 Å². The number of carboxylic acids is 1. The summed E-state index contributed by atoms with van der Waals surface area (Å²) in [5.74, 6) is -10.3. The number of phenols is 2. The standard InChI is InChI=1S/C41H59N9O15/c1-19(2)13-27(36(59)48-29(16-31(43)56)37(60)47-28(15-23-7-11-25(55)12-8-23)38(61)50-34(21(4)53)41(64)65)46-39(62)30(18-51)45-32(57)17-44-40(63)33(20(3)52)49-35(58)26(42)14-22-5-9-24(54)10-6-22/h5-12,19-21,26-30,33-34,51-55H,13-18,42H2,1-4H3,(H2,43,56)(H,44,63)(H,45,57)(H,46,62)(H,47,60)(H,48,59)(H,49,58)(H,50,61)(H,64,65)/t20-,21-,26+,27+,28+,29+,30+,33+,34+/m1/s1. The largest absolute Gasteiger partial charge is 0.508 e. The number of rotatable bonds is 26. The van der Waals surface area contributed by atoms with Crippen LogP contribution in [0.25, 0.3) is 0 Å². The number of aromatic hydroxyl groups is 2. The van der Waals surface area contributed by atoms with Crippen LogP contribution in [0.3, 0.4) is 0 Å². The molecule has 0 radical (unpaired) electrons. The van der Waals surface area contributed by atoms with Crippen molar-refractivity contribution in [1.82, 2.24) is 37.2 Å². The molecule has 0 aliphatic heterocycles. The quantitative estimate of drug-likeness (QED) is 0.0420. The number of nitrogens with one attached hydrogen (secondary N) is 7. The van der Waals surface area contributed by atoms with E-state index < -0.39 is 127 Å². The smallest absolute Gasteiger partial charge is 0.328 e. The van der Waals surface area contributed by atoms with Crippen LogP contribution in [0.15, 0.2) is 48.5 Å². The van der Waals surface area contributed by atoms with Crippen LogP contribution in [0.5, 0.6) is 11.5 Å². The van der Waals surface area contributed by atoms with Crippen molar-refractivity contribution in [2.24, 2.45) is 17.4 Å². The second-order valence-corrected chi connectivity index (χ2v) is 15.6. The number of nitrogens with two attached hydrogens (primary N) is 2. The van der Waals surface area contributed by atoms with Crippen LogP contribution in [0.4, 0.5) is 0 Å². The van der Waals surface area contributed by atoms with E-state index in [2.05, 4.69) is 37.2 Å². The average molecular weight is 918 g/mol. The predicted octanol–water partition coefficient (Wildman–Crippen LogP) is -5.00. The van der Waals surface area contributed by atoms with Crippen molar-refractivity contribution in [1.29, 1.82) is 0 Å². The van der Waals surface area contributed by atoms with E-state index in [1.807, 2.05) is 0 Å². The first-order chi connectivity index (χ1) is 30.4. The Bertz CT molecular complexity index is 1980. The van der Waals surface area contributed by atoms with E-state index in [0.717, 1.165) is 6.92 Å². The molecule has 2 rings (SSSR count). The lowest BCUT2D eigenvalue weighted by Gasteiger charge is -2.27. The lowest BCUT2D eigenvalue weighted by Crippen LogP contribution is -2.61. The number of aliphatic hydroxyl groups excluding tert-OH is 3. The van der Waals surface area contributed by atoms with Gasteiger partial charge in [0.15, 0.2) is 6.04 Å². The Balaban J connectivity index is 2.17. The molecule has 24 nitrogen and oxygen atoms in total. The first-order valence-electron chi connectivity index (χ1n) is 20.3. The summed E-state index contributed by atoms with van der Waals surface area (Å²) in [6, 6.07) is 0.135. The summed E-state index contributed by atoms with van der Waals surface area (Å²) in [6.07, 6.45) is -4.25. The minimum Gasteiger partial charge on any atom is -0.508 e. The number of phenolic OH excluding ortho intramolecular Hbond substituents is 2. The molecular formula is C41H59N9O15. The minimum atomic E-state index is -1.80. The molecule has 24 heteroatoms. The molecule has 2 aromatic carbocycles. The Morgan fingerprint density at radius 3 is 1.49 bits per heavy atom. The Hall–Kier alpha value is -6.89. The molecular weight excluding hydrogens is 858 g/mol. The lowest BCUT2D eigenvalue weighted by atomic mass is 10.0. The molecule has 8 amide bonds. The summed E-state index contributed by atoms with van der Waals surface area (Å²) in [6.45, 7) is 3.82. The Labute approximate surface area is 373 Å². The molecule has 9 atom stereocenters. The third-order valence-electron chi connectivity index (χ3n) is 9.48. The highest BCUT2D eigenvalue weighted by Gasteiger charge is 2.35. The van der Waals surface area contributed by atoms with Crippen LogP contribution >= 0.6 is 0 Å². The van der Waals surface area contributed by atoms with E-state index in [9.17, 15) is 73.8 Å². The molecule has 65 heavy (non-hydrogen) atoms.